The van der Waals surface area contributed by atoms with E-state index in [2.05, 4.69) is 10.3 Å². The van der Waals surface area contributed by atoms with Gasteiger partial charge in [0.25, 0.3) is 10.1 Å². The normalized spacial score (nSPS) is 16.8. The smallest absolute Gasteiger partial charge is 0.341 e. The van der Waals surface area contributed by atoms with Crippen LogP contribution in [0.1, 0.15) is 41.7 Å². The Morgan fingerprint density at radius 1 is 1.22 bits per heavy atom. The molecule has 10 nitrogen and oxygen atoms in total. The lowest BCUT2D eigenvalue weighted by atomic mass is 9.92. The van der Waals surface area contributed by atoms with Crippen molar-refractivity contribution in [2.24, 2.45) is 0 Å². The summed E-state index contributed by atoms with van der Waals surface area (Å²) in [5.74, 6) is -1.71. The quantitative estimate of drug-likeness (QED) is 0.435. The molecule has 3 aromatic rings. The van der Waals surface area contributed by atoms with Gasteiger partial charge in [-0.15, -0.1) is 0 Å². The van der Waals surface area contributed by atoms with Crippen LogP contribution in [0.4, 0.5) is 10.2 Å². The molecule has 3 N–H and O–H groups in total. The van der Waals surface area contributed by atoms with Crippen LogP contribution in [0.5, 0.6) is 0 Å². The first-order chi connectivity index (χ1) is 16.8. The second-order valence-electron chi connectivity index (χ2n) is 9.44. The summed E-state index contributed by atoms with van der Waals surface area (Å²) < 4.78 is 45.8. The summed E-state index contributed by atoms with van der Waals surface area (Å²) in [6, 6.07) is 7.23. The van der Waals surface area contributed by atoms with Gasteiger partial charge in [0.05, 0.1) is 15.8 Å². The van der Waals surface area contributed by atoms with E-state index < -0.39 is 27.3 Å². The number of nitrogens with zero attached hydrogens (tertiary/aromatic N) is 3. The van der Waals surface area contributed by atoms with Gasteiger partial charge in [-0.3, -0.25) is 9.35 Å². The van der Waals surface area contributed by atoms with Crippen LogP contribution in [-0.4, -0.2) is 59.3 Å². The van der Waals surface area contributed by atoms with Crippen LogP contribution in [0.2, 0.25) is 0 Å². The summed E-state index contributed by atoms with van der Waals surface area (Å²) in [4.78, 5) is 29.9. The fourth-order valence-corrected chi connectivity index (χ4v) is 4.54. The molecule has 0 atom stereocenters. The van der Waals surface area contributed by atoms with Crippen LogP contribution < -0.4 is 15.6 Å². The zero-order valence-electron chi connectivity index (χ0n) is 20.0. The van der Waals surface area contributed by atoms with Crippen molar-refractivity contribution in [1.29, 1.82) is 0 Å². The molecule has 1 aliphatic heterocycles. The van der Waals surface area contributed by atoms with Gasteiger partial charge in [0.2, 0.25) is 5.43 Å². The summed E-state index contributed by atoms with van der Waals surface area (Å²) in [7, 11) is -2.16. The number of halogens is 1. The fourth-order valence-electron chi connectivity index (χ4n) is 4.06. The average molecular weight is 519 g/mol. The molecule has 3 heterocycles. The Labute approximate surface area is 207 Å². The molecule has 1 saturated carbocycles. The third-order valence-electron chi connectivity index (χ3n) is 6.41. The van der Waals surface area contributed by atoms with Crippen molar-refractivity contribution in [3.8, 4) is 0 Å². The van der Waals surface area contributed by atoms with E-state index in [1.54, 1.807) is 16.7 Å². The monoisotopic (exact) mass is 518 g/mol. The molecule has 0 radical (unpaired) electrons. The molecule has 1 aromatic carbocycles. The van der Waals surface area contributed by atoms with Gasteiger partial charge in [-0.1, -0.05) is 17.7 Å². The van der Waals surface area contributed by atoms with Crippen molar-refractivity contribution >= 4 is 32.9 Å². The van der Waals surface area contributed by atoms with Crippen LogP contribution in [0.25, 0.3) is 11.0 Å². The summed E-state index contributed by atoms with van der Waals surface area (Å²) in [5, 5.41) is 12.5. The highest BCUT2D eigenvalue weighted by atomic mass is 32.2. The lowest BCUT2D eigenvalue weighted by Gasteiger charge is -2.48. The molecule has 36 heavy (non-hydrogen) atoms. The van der Waals surface area contributed by atoms with Gasteiger partial charge in [0.15, 0.2) is 11.6 Å². The number of hydrogen-bond donors (Lipinski definition) is 3. The molecule has 192 valence electrons. The average Bonchev–Trinajstić information content (AvgIpc) is 3.62. The van der Waals surface area contributed by atoms with E-state index in [-0.39, 0.29) is 33.2 Å². The second-order valence-corrected chi connectivity index (χ2v) is 10.9. The Morgan fingerprint density at radius 3 is 2.33 bits per heavy atom. The number of aromatic carboxylic acids is 1. The Kier molecular flexibility index (Phi) is 6.62. The van der Waals surface area contributed by atoms with Crippen LogP contribution >= 0.6 is 0 Å². The van der Waals surface area contributed by atoms with Crippen molar-refractivity contribution in [3.63, 3.8) is 0 Å². The first-order valence-corrected chi connectivity index (χ1v) is 12.7. The molecule has 5 rings (SSSR count). The number of likely N-dealkylation sites (N-methyl/N-ethyl adjacent to an activating group) is 1. The maximum atomic E-state index is 14.6. The summed E-state index contributed by atoms with van der Waals surface area (Å²) in [6.45, 7) is 5.11. The highest BCUT2D eigenvalue weighted by molar-refractivity contribution is 7.85. The number of pyridine rings is 2. The molecule has 0 bridgehead atoms. The maximum absolute atomic E-state index is 14.6. The molecule has 1 saturated heterocycles. The van der Waals surface area contributed by atoms with Gasteiger partial charge < -0.3 is 19.9 Å². The molecule has 2 aliphatic rings. The van der Waals surface area contributed by atoms with Crippen LogP contribution in [-0.2, 0) is 10.1 Å². The van der Waals surface area contributed by atoms with Crippen molar-refractivity contribution in [2.45, 2.75) is 43.2 Å². The molecule has 12 heteroatoms. The zero-order chi connectivity index (χ0) is 26.4. The van der Waals surface area contributed by atoms with Crippen LogP contribution in [0.15, 0.2) is 46.2 Å². The fraction of sp³-hybridized carbons (Fsp3) is 0.375. The van der Waals surface area contributed by atoms with E-state index in [0.717, 1.165) is 24.5 Å². The van der Waals surface area contributed by atoms with Gasteiger partial charge >= 0.3 is 5.97 Å². The number of aryl methyl sites for hydroxylation is 1. The summed E-state index contributed by atoms with van der Waals surface area (Å²) in [6.07, 6.45) is 3.13. The third kappa shape index (κ3) is 5.11. The molecular weight excluding hydrogens is 491 g/mol. The van der Waals surface area contributed by atoms with Crippen molar-refractivity contribution < 1.29 is 27.3 Å². The molecule has 2 aromatic heterocycles. The Bertz CT molecular complexity index is 1490. The van der Waals surface area contributed by atoms with Gasteiger partial charge in [0, 0.05) is 25.3 Å². The minimum atomic E-state index is -4.02. The standard InChI is InChI=1S/C17H19FN4O3.C7H8O3S/c1-17(19-2)7-21(8-17)15-12(18)5-10-13(23)11(16(24)25)6-22(9-3-4-9)14(10)20-15;1-6-2-4-7(5-3-6)11(8,9)10/h5-6,9,19H,3-4,7-8H2,1-2H3,(H,24,25);2-5H,1H3,(H,8,9,10). The third-order valence-corrected chi connectivity index (χ3v) is 7.28. The number of benzene rings is 1. The van der Waals surface area contributed by atoms with Gasteiger partial charge in [-0.05, 0) is 51.9 Å². The van der Waals surface area contributed by atoms with Crippen molar-refractivity contribution in [3.05, 3.63) is 63.7 Å². The van der Waals surface area contributed by atoms with E-state index in [9.17, 15) is 27.5 Å². The molecular formula is C24H27FN4O6S. The number of aromatic nitrogens is 2. The summed E-state index contributed by atoms with van der Waals surface area (Å²) >= 11 is 0. The van der Waals surface area contributed by atoms with E-state index in [0.29, 0.717) is 18.7 Å². The van der Waals surface area contributed by atoms with Gasteiger partial charge in [0.1, 0.15) is 11.2 Å². The lowest BCUT2D eigenvalue weighted by Crippen LogP contribution is -2.67. The lowest BCUT2D eigenvalue weighted by molar-refractivity contribution is 0.0694. The maximum Gasteiger partial charge on any atom is 0.341 e. The number of fused-ring (bicyclic) bond motifs is 1. The molecule has 0 amide bonds. The Balaban J connectivity index is 0.000000233. The highest BCUT2D eigenvalue weighted by Gasteiger charge is 2.39. The first-order valence-electron chi connectivity index (χ1n) is 11.3. The molecule has 1 aliphatic carbocycles. The van der Waals surface area contributed by atoms with Crippen molar-refractivity contribution in [2.75, 3.05) is 25.0 Å². The number of carboxylic acids is 1. The number of rotatable bonds is 5. The Hall–Kier alpha value is -3.35. The molecule has 0 spiro atoms. The van der Waals surface area contributed by atoms with E-state index in [1.165, 1.54) is 18.3 Å². The Morgan fingerprint density at radius 2 is 1.83 bits per heavy atom. The van der Waals surface area contributed by atoms with Gasteiger partial charge in [-0.2, -0.15) is 8.42 Å². The van der Waals surface area contributed by atoms with Gasteiger partial charge in [-0.25, -0.2) is 14.2 Å². The molecule has 0 unspecified atom stereocenters. The van der Waals surface area contributed by atoms with E-state index >= 15 is 0 Å². The predicted octanol–water partition coefficient (Wildman–Crippen LogP) is 2.61. The van der Waals surface area contributed by atoms with E-state index in [1.807, 2.05) is 25.8 Å². The topological polar surface area (TPSA) is 142 Å². The number of carboxylic acid groups (broad SMARTS) is 1. The van der Waals surface area contributed by atoms with E-state index in [4.69, 9.17) is 4.55 Å². The minimum absolute atomic E-state index is 0.0185. The minimum Gasteiger partial charge on any atom is -0.477 e. The number of carbonyl (C=O) groups is 1. The predicted molar refractivity (Wildman–Crippen MR) is 132 cm³/mol. The number of anilines is 1. The summed E-state index contributed by atoms with van der Waals surface area (Å²) in [5.41, 5.74) is 0.178. The van der Waals surface area contributed by atoms with Crippen molar-refractivity contribution in [1.82, 2.24) is 14.9 Å². The largest absolute Gasteiger partial charge is 0.477 e. The van der Waals surface area contributed by atoms with Crippen LogP contribution in [0, 0.1) is 12.7 Å². The van der Waals surface area contributed by atoms with Crippen LogP contribution in [0.3, 0.4) is 0 Å². The number of hydrogen-bond acceptors (Lipinski definition) is 7. The first kappa shape index (κ1) is 25.7. The number of nitrogens with one attached hydrogen (secondary N) is 1. The zero-order valence-corrected chi connectivity index (χ0v) is 20.8. The molecule has 2 fully saturated rings. The highest BCUT2D eigenvalue weighted by Crippen LogP contribution is 2.37. The second kappa shape index (κ2) is 9.26. The SMILES string of the molecule is CNC1(C)CN(c2nc3c(cc2F)c(=O)c(C(=O)O)cn3C2CC2)C1.Cc1ccc(S(=O)(=O)O)cc1.